The van der Waals surface area contributed by atoms with Crippen LogP contribution >= 0.6 is 11.6 Å². The van der Waals surface area contributed by atoms with Crippen molar-refractivity contribution >= 4 is 28.8 Å². The Labute approximate surface area is 151 Å². The number of hydrogen-bond acceptors (Lipinski definition) is 3. The highest BCUT2D eigenvalue weighted by Gasteiger charge is 2.20. The topological polar surface area (TPSA) is 55.6 Å². The number of fused-ring (bicyclic) bond motifs is 1. The van der Waals surface area contributed by atoms with Gasteiger partial charge >= 0.3 is 0 Å². The molecule has 0 atom stereocenters. The molecule has 0 spiro atoms. The van der Waals surface area contributed by atoms with E-state index in [0.717, 1.165) is 18.5 Å². The predicted octanol–water partition coefficient (Wildman–Crippen LogP) is 4.59. The molecule has 5 nitrogen and oxygen atoms in total. The molecule has 0 aliphatic carbocycles. The lowest BCUT2D eigenvalue weighted by molar-refractivity contribution is 0.102. The number of para-hydroxylation sites is 2. The van der Waals surface area contributed by atoms with Gasteiger partial charge in [0.1, 0.15) is 17.1 Å². The molecule has 0 saturated heterocycles. The second kappa shape index (κ2) is 7.57. The van der Waals surface area contributed by atoms with Crippen molar-refractivity contribution in [3.63, 3.8) is 0 Å². The van der Waals surface area contributed by atoms with Crippen LogP contribution in [0.25, 0.3) is 5.65 Å². The Balaban J connectivity index is 2.02. The third-order valence-corrected chi connectivity index (χ3v) is 4.02. The number of aromatic nitrogens is 2. The van der Waals surface area contributed by atoms with Crippen molar-refractivity contribution in [3.8, 4) is 5.75 Å². The van der Waals surface area contributed by atoms with Crippen LogP contribution in [0, 0.1) is 0 Å². The molecule has 0 saturated carbocycles. The van der Waals surface area contributed by atoms with E-state index in [4.69, 9.17) is 16.3 Å². The maximum absolute atomic E-state index is 13.0. The molecule has 130 valence electrons. The number of nitrogens with one attached hydrogen (secondary N) is 1. The van der Waals surface area contributed by atoms with Gasteiger partial charge in [-0.05, 0) is 37.6 Å². The average Bonchev–Trinajstić information content (AvgIpc) is 2.94. The van der Waals surface area contributed by atoms with Gasteiger partial charge in [0, 0.05) is 6.20 Å². The number of pyridine rings is 1. The normalized spacial score (nSPS) is 10.8. The number of aryl methyl sites for hydroxylation is 1. The van der Waals surface area contributed by atoms with Gasteiger partial charge in [0.05, 0.1) is 23.0 Å². The molecule has 3 aromatic rings. The molecule has 2 aromatic heterocycles. The molecule has 0 unspecified atom stereocenters. The van der Waals surface area contributed by atoms with Gasteiger partial charge in [0.2, 0.25) is 0 Å². The molecule has 1 amide bonds. The monoisotopic (exact) mass is 357 g/mol. The Bertz CT molecular complexity index is 905. The molecule has 3 rings (SSSR count). The lowest BCUT2D eigenvalue weighted by Crippen LogP contribution is -2.17. The summed E-state index contributed by atoms with van der Waals surface area (Å²) in [7, 11) is 0. The molecule has 6 heteroatoms. The number of halogens is 1. The first kappa shape index (κ1) is 17.3. The Morgan fingerprint density at radius 2 is 2.04 bits per heavy atom. The summed E-state index contributed by atoms with van der Waals surface area (Å²) in [5.74, 6) is 0.410. The molecule has 1 aromatic carbocycles. The Hall–Kier alpha value is -2.53. The van der Waals surface area contributed by atoms with Crippen LogP contribution in [0.15, 0.2) is 42.6 Å². The predicted molar refractivity (Wildman–Crippen MR) is 99.8 cm³/mol. The standard InChI is InChI=1S/C19H20ClN3O2/c1-3-7-15-18(23-12-13(20)10-11-17(23)21-15)19(24)22-14-8-5-6-9-16(14)25-4-2/h5-6,8-12H,3-4,7H2,1-2H3,(H,22,24). The zero-order chi connectivity index (χ0) is 17.8. The molecule has 25 heavy (non-hydrogen) atoms. The minimum Gasteiger partial charge on any atom is -0.492 e. The van der Waals surface area contributed by atoms with E-state index in [-0.39, 0.29) is 5.91 Å². The largest absolute Gasteiger partial charge is 0.492 e. The lowest BCUT2D eigenvalue weighted by Gasteiger charge is -2.12. The van der Waals surface area contributed by atoms with Crippen LogP contribution in [0.1, 0.15) is 36.5 Å². The number of benzene rings is 1. The van der Waals surface area contributed by atoms with Crippen LogP contribution in [-0.2, 0) is 6.42 Å². The van der Waals surface area contributed by atoms with Gasteiger partial charge in [0.25, 0.3) is 5.91 Å². The molecule has 0 aliphatic rings. The van der Waals surface area contributed by atoms with Crippen LogP contribution in [0.3, 0.4) is 0 Å². The number of rotatable bonds is 6. The van der Waals surface area contributed by atoms with Crippen molar-refractivity contribution in [2.45, 2.75) is 26.7 Å². The first-order valence-electron chi connectivity index (χ1n) is 8.33. The number of anilines is 1. The molecular formula is C19H20ClN3O2. The van der Waals surface area contributed by atoms with Gasteiger partial charge in [-0.2, -0.15) is 0 Å². The highest BCUT2D eigenvalue weighted by atomic mass is 35.5. The molecular weight excluding hydrogens is 338 g/mol. The Morgan fingerprint density at radius 3 is 2.80 bits per heavy atom. The minimum atomic E-state index is -0.231. The fourth-order valence-electron chi connectivity index (χ4n) is 2.75. The lowest BCUT2D eigenvalue weighted by atomic mass is 10.2. The van der Waals surface area contributed by atoms with Gasteiger partial charge in [-0.25, -0.2) is 4.98 Å². The second-order valence-electron chi connectivity index (χ2n) is 5.62. The summed E-state index contributed by atoms with van der Waals surface area (Å²) in [6.07, 6.45) is 3.33. The van der Waals surface area contributed by atoms with Crippen molar-refractivity contribution < 1.29 is 9.53 Å². The fourth-order valence-corrected chi connectivity index (χ4v) is 2.91. The van der Waals surface area contributed by atoms with Gasteiger partial charge in [-0.1, -0.05) is 37.1 Å². The van der Waals surface area contributed by atoms with E-state index in [1.807, 2.05) is 37.3 Å². The molecule has 0 fully saturated rings. The van der Waals surface area contributed by atoms with Crippen molar-refractivity contribution in [2.75, 3.05) is 11.9 Å². The first-order valence-corrected chi connectivity index (χ1v) is 8.71. The van der Waals surface area contributed by atoms with E-state index in [2.05, 4.69) is 17.2 Å². The third-order valence-electron chi connectivity index (χ3n) is 3.79. The van der Waals surface area contributed by atoms with E-state index in [0.29, 0.717) is 34.4 Å². The summed E-state index contributed by atoms with van der Waals surface area (Å²) < 4.78 is 7.32. The molecule has 1 N–H and O–H groups in total. The number of nitrogens with zero attached hydrogens (tertiary/aromatic N) is 2. The maximum atomic E-state index is 13.0. The van der Waals surface area contributed by atoms with Gasteiger partial charge in [-0.15, -0.1) is 0 Å². The highest BCUT2D eigenvalue weighted by molar-refractivity contribution is 6.30. The second-order valence-corrected chi connectivity index (χ2v) is 6.05. The summed E-state index contributed by atoms with van der Waals surface area (Å²) in [6, 6.07) is 11.0. The van der Waals surface area contributed by atoms with Crippen LogP contribution in [0.5, 0.6) is 5.75 Å². The highest BCUT2D eigenvalue weighted by Crippen LogP contribution is 2.25. The Kier molecular flexibility index (Phi) is 5.24. The average molecular weight is 358 g/mol. The number of carbonyl (C=O) groups is 1. The van der Waals surface area contributed by atoms with Crippen LogP contribution in [0.4, 0.5) is 5.69 Å². The minimum absolute atomic E-state index is 0.231. The third kappa shape index (κ3) is 3.61. The number of carbonyl (C=O) groups excluding carboxylic acids is 1. The summed E-state index contributed by atoms with van der Waals surface area (Å²) in [5.41, 5.74) is 2.60. The van der Waals surface area contributed by atoms with Crippen molar-refractivity contribution in [1.29, 1.82) is 0 Å². The van der Waals surface area contributed by atoms with Gasteiger partial charge < -0.3 is 10.1 Å². The Morgan fingerprint density at radius 1 is 1.24 bits per heavy atom. The first-order chi connectivity index (χ1) is 12.1. The van der Waals surface area contributed by atoms with Crippen LogP contribution in [-0.4, -0.2) is 21.9 Å². The molecule has 0 radical (unpaired) electrons. The van der Waals surface area contributed by atoms with Crippen LogP contribution in [0.2, 0.25) is 5.02 Å². The maximum Gasteiger partial charge on any atom is 0.274 e. The number of hydrogen-bond donors (Lipinski definition) is 1. The van der Waals surface area contributed by atoms with E-state index in [1.165, 1.54) is 0 Å². The van der Waals surface area contributed by atoms with Gasteiger partial charge in [-0.3, -0.25) is 9.20 Å². The summed E-state index contributed by atoms with van der Waals surface area (Å²) in [5, 5.41) is 3.49. The number of ether oxygens (including phenoxy) is 1. The SMILES string of the molecule is CCCc1nc2ccc(Cl)cn2c1C(=O)Nc1ccccc1OCC. The van der Waals surface area contributed by atoms with E-state index in [1.54, 1.807) is 16.7 Å². The zero-order valence-corrected chi connectivity index (χ0v) is 15.0. The van der Waals surface area contributed by atoms with E-state index >= 15 is 0 Å². The number of imidazole rings is 1. The van der Waals surface area contributed by atoms with Crippen molar-refractivity contribution in [3.05, 3.63) is 59.0 Å². The molecule has 0 bridgehead atoms. The van der Waals surface area contributed by atoms with Crippen LogP contribution < -0.4 is 10.1 Å². The zero-order valence-electron chi connectivity index (χ0n) is 14.3. The van der Waals surface area contributed by atoms with E-state index < -0.39 is 0 Å². The number of amides is 1. The quantitative estimate of drug-likeness (QED) is 0.701. The molecule has 2 heterocycles. The van der Waals surface area contributed by atoms with Crippen molar-refractivity contribution in [1.82, 2.24) is 9.38 Å². The van der Waals surface area contributed by atoms with Crippen molar-refractivity contribution in [2.24, 2.45) is 0 Å². The summed E-state index contributed by atoms with van der Waals surface area (Å²) in [6.45, 7) is 4.49. The summed E-state index contributed by atoms with van der Waals surface area (Å²) in [4.78, 5) is 17.6. The summed E-state index contributed by atoms with van der Waals surface area (Å²) >= 11 is 6.11. The fraction of sp³-hybridized carbons (Fsp3) is 0.263. The molecule has 0 aliphatic heterocycles. The smallest absolute Gasteiger partial charge is 0.274 e. The van der Waals surface area contributed by atoms with Gasteiger partial charge in [0.15, 0.2) is 0 Å². The van der Waals surface area contributed by atoms with E-state index in [9.17, 15) is 4.79 Å².